The summed E-state index contributed by atoms with van der Waals surface area (Å²) in [5, 5.41) is 14.0. The molecule has 0 aromatic heterocycles. The Bertz CT molecular complexity index is 943. The van der Waals surface area contributed by atoms with Crippen LogP contribution in [0.5, 0.6) is 0 Å². The van der Waals surface area contributed by atoms with Gasteiger partial charge in [-0.3, -0.25) is 24.6 Å². The maximum absolute atomic E-state index is 13.4. The molecule has 1 aromatic rings. The van der Waals surface area contributed by atoms with E-state index in [9.17, 15) is 24.5 Å². The van der Waals surface area contributed by atoms with Crippen molar-refractivity contribution in [2.24, 2.45) is 0 Å². The van der Waals surface area contributed by atoms with Gasteiger partial charge >= 0.3 is 6.03 Å². The molecule has 0 bridgehead atoms. The summed E-state index contributed by atoms with van der Waals surface area (Å²) in [6.07, 6.45) is 0. The van der Waals surface area contributed by atoms with E-state index >= 15 is 0 Å². The number of nitrogens with zero attached hydrogens (tertiary/aromatic N) is 4. The van der Waals surface area contributed by atoms with Crippen LogP contribution in [0.3, 0.4) is 0 Å². The van der Waals surface area contributed by atoms with Gasteiger partial charge < -0.3 is 15.1 Å². The molecule has 0 saturated carbocycles. The van der Waals surface area contributed by atoms with Gasteiger partial charge in [-0.05, 0) is 26.3 Å². The minimum Gasteiger partial charge on any atom is -0.344 e. The predicted molar refractivity (Wildman–Crippen MR) is 108 cm³/mol. The Morgan fingerprint density at radius 2 is 2.07 bits per heavy atom. The molecule has 2 aliphatic rings. The van der Waals surface area contributed by atoms with Crippen molar-refractivity contribution in [1.29, 1.82) is 0 Å². The number of nitro benzene ring substituents is 1. The Labute approximate surface area is 174 Å². The van der Waals surface area contributed by atoms with Crippen LogP contribution in [0.1, 0.15) is 32.4 Å². The normalized spacial score (nSPS) is 19.5. The molecule has 2 unspecified atom stereocenters. The number of carbonyl (C=O) groups is 3. The number of rotatable bonds is 6. The molecule has 0 saturated heterocycles. The van der Waals surface area contributed by atoms with Crippen molar-refractivity contribution >= 4 is 23.5 Å². The van der Waals surface area contributed by atoms with Gasteiger partial charge in [0.25, 0.3) is 11.6 Å². The standard InChI is InChI=1S/C20H25N5O5/c1-5-22(4)18(26)12(3)24-11-15-16(19(24)27)17(21-20(28)23(15)6-2)13-8-7-9-14(10-13)25(29)30/h7-10,12,17H,5-6,11H2,1-4H3,(H,21,28). The van der Waals surface area contributed by atoms with Gasteiger partial charge in [-0.1, -0.05) is 12.1 Å². The number of likely N-dealkylation sites (N-methyl/N-ethyl adjacent to an activating group) is 2. The van der Waals surface area contributed by atoms with Crippen LogP contribution in [0.2, 0.25) is 0 Å². The summed E-state index contributed by atoms with van der Waals surface area (Å²) in [5.74, 6) is -0.551. The first kappa shape index (κ1) is 21.3. The summed E-state index contributed by atoms with van der Waals surface area (Å²) >= 11 is 0. The minimum absolute atomic E-state index is 0.128. The first-order chi connectivity index (χ1) is 14.2. The van der Waals surface area contributed by atoms with Crippen LogP contribution in [0.25, 0.3) is 0 Å². The van der Waals surface area contributed by atoms with Crippen molar-refractivity contribution < 1.29 is 19.3 Å². The molecule has 30 heavy (non-hydrogen) atoms. The van der Waals surface area contributed by atoms with Gasteiger partial charge in [0.2, 0.25) is 5.91 Å². The molecule has 1 aromatic carbocycles. The fraction of sp³-hybridized carbons (Fsp3) is 0.450. The Hall–Kier alpha value is -3.43. The van der Waals surface area contributed by atoms with Crippen LogP contribution >= 0.6 is 0 Å². The van der Waals surface area contributed by atoms with Crippen LogP contribution in [0.4, 0.5) is 10.5 Å². The number of nitro groups is 1. The van der Waals surface area contributed by atoms with E-state index in [-0.39, 0.29) is 30.1 Å². The van der Waals surface area contributed by atoms with Crippen LogP contribution in [-0.2, 0) is 9.59 Å². The zero-order chi connectivity index (χ0) is 22.2. The molecule has 2 aliphatic heterocycles. The van der Waals surface area contributed by atoms with E-state index in [0.717, 1.165) is 0 Å². The minimum atomic E-state index is -0.820. The lowest BCUT2D eigenvalue weighted by atomic mass is 9.95. The first-order valence-corrected chi connectivity index (χ1v) is 9.82. The highest BCUT2D eigenvalue weighted by Gasteiger charge is 2.46. The van der Waals surface area contributed by atoms with Gasteiger partial charge in [-0.2, -0.15) is 0 Å². The Kier molecular flexibility index (Phi) is 5.77. The molecule has 160 valence electrons. The van der Waals surface area contributed by atoms with Crippen LogP contribution in [0, 0.1) is 10.1 Å². The number of urea groups is 1. The summed E-state index contributed by atoms with van der Waals surface area (Å²) in [6, 6.07) is 3.96. The number of amides is 4. The summed E-state index contributed by atoms with van der Waals surface area (Å²) in [6.45, 7) is 6.30. The van der Waals surface area contributed by atoms with E-state index in [1.165, 1.54) is 32.9 Å². The quantitative estimate of drug-likeness (QED) is 0.560. The summed E-state index contributed by atoms with van der Waals surface area (Å²) < 4.78 is 0. The molecular weight excluding hydrogens is 390 g/mol. The number of benzene rings is 1. The fourth-order valence-corrected chi connectivity index (χ4v) is 3.84. The van der Waals surface area contributed by atoms with Gasteiger partial charge in [0.05, 0.1) is 28.8 Å². The fourth-order valence-electron chi connectivity index (χ4n) is 3.84. The summed E-state index contributed by atoms with van der Waals surface area (Å²) in [5.41, 5.74) is 1.19. The first-order valence-electron chi connectivity index (χ1n) is 9.82. The lowest BCUT2D eigenvalue weighted by molar-refractivity contribution is -0.384. The van der Waals surface area contributed by atoms with Crippen molar-refractivity contribution in [2.75, 3.05) is 26.7 Å². The Morgan fingerprint density at radius 1 is 1.37 bits per heavy atom. The molecule has 0 fully saturated rings. The van der Waals surface area contributed by atoms with Crippen molar-refractivity contribution in [3.05, 3.63) is 51.2 Å². The van der Waals surface area contributed by atoms with E-state index in [1.54, 1.807) is 27.0 Å². The van der Waals surface area contributed by atoms with E-state index in [1.807, 2.05) is 6.92 Å². The molecule has 10 nitrogen and oxygen atoms in total. The maximum Gasteiger partial charge on any atom is 0.322 e. The molecule has 4 amide bonds. The molecule has 0 radical (unpaired) electrons. The highest BCUT2D eigenvalue weighted by molar-refractivity contribution is 6.03. The summed E-state index contributed by atoms with van der Waals surface area (Å²) in [7, 11) is 1.67. The second-order valence-electron chi connectivity index (χ2n) is 7.30. The molecule has 3 rings (SSSR count). The van der Waals surface area contributed by atoms with E-state index in [0.29, 0.717) is 29.9 Å². The smallest absolute Gasteiger partial charge is 0.322 e. The lowest BCUT2D eigenvalue weighted by Gasteiger charge is -2.32. The molecule has 0 aliphatic carbocycles. The van der Waals surface area contributed by atoms with E-state index < -0.39 is 17.0 Å². The topological polar surface area (TPSA) is 116 Å². The number of non-ortho nitro benzene ring substituents is 1. The van der Waals surface area contributed by atoms with Crippen molar-refractivity contribution in [3.63, 3.8) is 0 Å². The summed E-state index contributed by atoms with van der Waals surface area (Å²) in [4.78, 5) is 53.8. The van der Waals surface area contributed by atoms with Crippen molar-refractivity contribution in [2.45, 2.75) is 32.9 Å². The third-order valence-corrected chi connectivity index (χ3v) is 5.66. The highest BCUT2D eigenvalue weighted by atomic mass is 16.6. The highest BCUT2D eigenvalue weighted by Crippen LogP contribution is 2.37. The Morgan fingerprint density at radius 3 is 2.67 bits per heavy atom. The molecule has 0 spiro atoms. The second kappa shape index (κ2) is 8.13. The van der Waals surface area contributed by atoms with E-state index in [4.69, 9.17) is 0 Å². The number of nitrogens with one attached hydrogen (secondary N) is 1. The second-order valence-corrected chi connectivity index (χ2v) is 7.30. The number of carbonyl (C=O) groups excluding carboxylic acids is 3. The SMILES string of the molecule is CCN(C)C(=O)C(C)N1CC2=C(C1=O)C(c1cccc([N+](=O)[O-])c1)NC(=O)N2CC. The third kappa shape index (κ3) is 3.49. The van der Waals surface area contributed by atoms with Crippen molar-refractivity contribution in [1.82, 2.24) is 20.0 Å². The lowest BCUT2D eigenvalue weighted by Crippen LogP contribution is -2.47. The molecule has 2 heterocycles. The molecular formula is C20H25N5O5. The number of hydrogen-bond donors (Lipinski definition) is 1. The molecule has 2 atom stereocenters. The zero-order valence-electron chi connectivity index (χ0n) is 17.4. The van der Waals surface area contributed by atoms with Crippen LogP contribution in [-0.4, -0.2) is 70.2 Å². The van der Waals surface area contributed by atoms with Gasteiger partial charge in [-0.25, -0.2) is 4.79 Å². The average molecular weight is 415 g/mol. The Balaban J connectivity index is 2.02. The third-order valence-electron chi connectivity index (χ3n) is 5.66. The molecule has 10 heteroatoms. The molecule has 1 N–H and O–H groups in total. The van der Waals surface area contributed by atoms with Crippen LogP contribution < -0.4 is 5.32 Å². The van der Waals surface area contributed by atoms with Gasteiger partial charge in [0.1, 0.15) is 6.04 Å². The van der Waals surface area contributed by atoms with Crippen molar-refractivity contribution in [3.8, 4) is 0 Å². The van der Waals surface area contributed by atoms with Gasteiger partial charge in [0.15, 0.2) is 0 Å². The average Bonchev–Trinajstić information content (AvgIpc) is 3.08. The maximum atomic E-state index is 13.4. The number of hydrogen-bond acceptors (Lipinski definition) is 5. The van der Waals surface area contributed by atoms with E-state index in [2.05, 4.69) is 5.32 Å². The monoisotopic (exact) mass is 415 g/mol. The van der Waals surface area contributed by atoms with Crippen LogP contribution in [0.15, 0.2) is 35.5 Å². The van der Waals surface area contributed by atoms with Gasteiger partial charge in [-0.15, -0.1) is 0 Å². The largest absolute Gasteiger partial charge is 0.344 e. The predicted octanol–water partition coefficient (Wildman–Crippen LogP) is 1.64. The van der Waals surface area contributed by atoms with Gasteiger partial charge in [0, 0.05) is 32.3 Å². The zero-order valence-corrected chi connectivity index (χ0v) is 17.4.